The fourth-order valence-electron chi connectivity index (χ4n) is 5.05. The Morgan fingerprint density at radius 1 is 0.763 bits per heavy atom. The molecule has 0 aliphatic rings. The fourth-order valence-corrected chi connectivity index (χ4v) is 5.05. The number of hydrogen-bond donors (Lipinski definition) is 0. The van der Waals surface area contributed by atoms with Crippen LogP contribution < -0.4 is 4.90 Å². The van der Waals surface area contributed by atoms with Gasteiger partial charge in [-0.15, -0.1) is 0 Å². The smallest absolute Gasteiger partial charge is 0.338 e. The van der Waals surface area contributed by atoms with E-state index < -0.39 is 17.6 Å². The van der Waals surface area contributed by atoms with Gasteiger partial charge in [0.2, 0.25) is 0 Å². The van der Waals surface area contributed by atoms with Crippen molar-refractivity contribution in [3.63, 3.8) is 0 Å². The predicted molar refractivity (Wildman–Crippen MR) is 149 cm³/mol. The molecule has 0 aliphatic heterocycles. The van der Waals surface area contributed by atoms with Crippen LogP contribution in [0.2, 0.25) is 0 Å². The zero-order valence-corrected chi connectivity index (χ0v) is 22.4. The fraction of sp³-hybridized carbons (Fsp3) is 0.242. The van der Waals surface area contributed by atoms with Crippen LogP contribution in [-0.2, 0) is 30.7 Å². The van der Waals surface area contributed by atoms with E-state index in [0.29, 0.717) is 24.2 Å². The number of halogens is 2. The maximum Gasteiger partial charge on any atom is 0.338 e. The Hall–Kier alpha value is -3.99. The average molecular weight is 514 g/mol. The summed E-state index contributed by atoms with van der Waals surface area (Å²) in [5, 5.41) is 0. The van der Waals surface area contributed by atoms with Crippen LogP contribution in [0.15, 0.2) is 78.9 Å². The standard InChI is InChI=1S/C33H33F2NO2/c1-5-25-11-9-12-26(6-2)32(25)36(21-24-16-27(34)19-28(35)17-24)20-23-14-15-30(33(37)38-4)31(18-23)29-13-8-7-10-22(29)3/h7-19H,5-6,20-21H2,1-4H3. The number of rotatable bonds is 9. The molecule has 4 aromatic carbocycles. The maximum absolute atomic E-state index is 14.1. The molecule has 0 spiro atoms. The Kier molecular flexibility index (Phi) is 8.57. The van der Waals surface area contributed by atoms with Crippen LogP contribution in [0.4, 0.5) is 14.5 Å². The monoisotopic (exact) mass is 513 g/mol. The van der Waals surface area contributed by atoms with Gasteiger partial charge in [-0.25, -0.2) is 13.6 Å². The summed E-state index contributed by atoms with van der Waals surface area (Å²) in [6.07, 6.45) is 1.65. The largest absolute Gasteiger partial charge is 0.465 e. The van der Waals surface area contributed by atoms with Crippen LogP contribution in [0.5, 0.6) is 0 Å². The topological polar surface area (TPSA) is 29.5 Å². The number of anilines is 1. The Balaban J connectivity index is 1.84. The van der Waals surface area contributed by atoms with Gasteiger partial charge in [0, 0.05) is 24.8 Å². The van der Waals surface area contributed by atoms with Crippen molar-refractivity contribution in [2.45, 2.75) is 46.7 Å². The molecule has 0 bridgehead atoms. The number of para-hydroxylation sites is 1. The minimum Gasteiger partial charge on any atom is -0.465 e. The van der Waals surface area contributed by atoms with Crippen molar-refractivity contribution in [2.75, 3.05) is 12.0 Å². The lowest BCUT2D eigenvalue weighted by atomic mass is 9.93. The van der Waals surface area contributed by atoms with Crippen molar-refractivity contribution in [3.05, 3.63) is 124 Å². The molecule has 196 valence electrons. The van der Waals surface area contributed by atoms with Crippen LogP contribution in [0.3, 0.4) is 0 Å². The van der Waals surface area contributed by atoms with Crippen LogP contribution in [0, 0.1) is 18.6 Å². The highest BCUT2D eigenvalue weighted by Gasteiger charge is 2.20. The highest BCUT2D eigenvalue weighted by atomic mass is 19.1. The maximum atomic E-state index is 14.1. The lowest BCUT2D eigenvalue weighted by Gasteiger charge is -2.30. The molecular formula is C33H33F2NO2. The van der Waals surface area contributed by atoms with Gasteiger partial charge in [-0.3, -0.25) is 0 Å². The number of methoxy groups -OCH3 is 1. The van der Waals surface area contributed by atoms with E-state index in [-0.39, 0.29) is 0 Å². The average Bonchev–Trinajstić information content (AvgIpc) is 2.91. The number of carbonyl (C=O) groups excluding carboxylic acids is 1. The molecule has 0 N–H and O–H groups in total. The van der Waals surface area contributed by atoms with Crippen LogP contribution in [-0.4, -0.2) is 13.1 Å². The van der Waals surface area contributed by atoms with Crippen LogP contribution in [0.25, 0.3) is 11.1 Å². The quantitative estimate of drug-likeness (QED) is 0.212. The van der Waals surface area contributed by atoms with E-state index in [4.69, 9.17) is 4.74 Å². The van der Waals surface area contributed by atoms with Crippen molar-refractivity contribution < 1.29 is 18.3 Å². The third-order valence-electron chi connectivity index (χ3n) is 6.87. The molecule has 0 saturated carbocycles. The molecule has 4 rings (SSSR count). The molecule has 4 aromatic rings. The molecule has 0 atom stereocenters. The van der Waals surface area contributed by atoms with Crippen LogP contribution >= 0.6 is 0 Å². The second-order valence-electron chi connectivity index (χ2n) is 9.45. The van der Waals surface area contributed by atoms with E-state index in [9.17, 15) is 13.6 Å². The summed E-state index contributed by atoms with van der Waals surface area (Å²) >= 11 is 0. The van der Waals surface area contributed by atoms with Crippen molar-refractivity contribution in [1.82, 2.24) is 0 Å². The summed E-state index contributed by atoms with van der Waals surface area (Å²) in [6.45, 7) is 7.05. The lowest BCUT2D eigenvalue weighted by molar-refractivity contribution is 0.0601. The van der Waals surface area contributed by atoms with Gasteiger partial charge in [0.05, 0.1) is 12.7 Å². The normalized spacial score (nSPS) is 10.9. The molecular weight excluding hydrogens is 480 g/mol. The van der Waals surface area contributed by atoms with Gasteiger partial charge < -0.3 is 9.64 Å². The van der Waals surface area contributed by atoms with E-state index >= 15 is 0 Å². The second-order valence-corrected chi connectivity index (χ2v) is 9.45. The molecule has 0 fully saturated rings. The van der Waals surface area contributed by atoms with Gasteiger partial charge in [-0.2, -0.15) is 0 Å². The minimum absolute atomic E-state index is 0.331. The van der Waals surface area contributed by atoms with Crippen molar-refractivity contribution in [3.8, 4) is 11.1 Å². The first-order chi connectivity index (χ1) is 18.3. The zero-order valence-electron chi connectivity index (χ0n) is 22.4. The van der Waals surface area contributed by atoms with Gasteiger partial charge in [0.1, 0.15) is 11.6 Å². The number of nitrogens with zero attached hydrogens (tertiary/aromatic N) is 1. The van der Waals surface area contributed by atoms with Crippen LogP contribution in [0.1, 0.15) is 52.0 Å². The van der Waals surface area contributed by atoms with E-state index in [1.807, 2.05) is 43.3 Å². The zero-order chi connectivity index (χ0) is 27.2. The van der Waals surface area contributed by atoms with Crippen molar-refractivity contribution in [1.29, 1.82) is 0 Å². The van der Waals surface area contributed by atoms with E-state index in [1.165, 1.54) is 30.4 Å². The number of aryl methyl sites for hydroxylation is 3. The Morgan fingerprint density at radius 2 is 1.39 bits per heavy atom. The number of esters is 1. The first-order valence-electron chi connectivity index (χ1n) is 12.9. The second kappa shape index (κ2) is 12.0. The molecule has 38 heavy (non-hydrogen) atoms. The highest BCUT2D eigenvalue weighted by molar-refractivity contribution is 5.97. The first-order valence-corrected chi connectivity index (χ1v) is 12.9. The summed E-state index contributed by atoms with van der Waals surface area (Å²) in [5.41, 5.74) is 8.25. The van der Waals surface area contributed by atoms with Crippen molar-refractivity contribution >= 4 is 11.7 Å². The molecule has 0 heterocycles. The number of hydrogen-bond acceptors (Lipinski definition) is 3. The highest BCUT2D eigenvalue weighted by Crippen LogP contribution is 2.33. The van der Waals surface area contributed by atoms with Gasteiger partial charge in [0.25, 0.3) is 0 Å². The third kappa shape index (κ3) is 5.94. The van der Waals surface area contributed by atoms with E-state index in [2.05, 4.69) is 36.9 Å². The first kappa shape index (κ1) is 27.1. The third-order valence-corrected chi connectivity index (χ3v) is 6.87. The Morgan fingerprint density at radius 3 is 2.00 bits per heavy atom. The van der Waals surface area contributed by atoms with Gasteiger partial charge in [0.15, 0.2) is 0 Å². The molecule has 0 aliphatic carbocycles. The lowest BCUT2D eigenvalue weighted by Crippen LogP contribution is -2.25. The SMILES string of the molecule is CCc1cccc(CC)c1N(Cc1cc(F)cc(F)c1)Cc1ccc(C(=O)OC)c(-c2ccccc2C)c1. The Bertz CT molecular complexity index is 1400. The predicted octanol–water partition coefficient (Wildman–Crippen LogP) is 8.06. The molecule has 3 nitrogen and oxygen atoms in total. The van der Waals surface area contributed by atoms with E-state index in [0.717, 1.165) is 46.8 Å². The molecule has 5 heteroatoms. The number of ether oxygens (including phenoxy) is 1. The van der Waals surface area contributed by atoms with Gasteiger partial charge in [-0.1, -0.05) is 62.4 Å². The van der Waals surface area contributed by atoms with Crippen molar-refractivity contribution in [2.24, 2.45) is 0 Å². The summed E-state index contributed by atoms with van der Waals surface area (Å²) < 4.78 is 33.3. The molecule has 0 saturated heterocycles. The summed E-state index contributed by atoms with van der Waals surface area (Å²) in [6, 6.07) is 23.6. The summed E-state index contributed by atoms with van der Waals surface area (Å²) in [7, 11) is 1.38. The van der Waals surface area contributed by atoms with Gasteiger partial charge >= 0.3 is 5.97 Å². The molecule has 0 unspecified atom stereocenters. The molecule has 0 amide bonds. The van der Waals surface area contributed by atoms with E-state index in [1.54, 1.807) is 6.07 Å². The number of benzene rings is 4. The molecule has 0 radical (unpaired) electrons. The molecule has 0 aromatic heterocycles. The minimum atomic E-state index is -0.594. The Labute approximate surface area is 223 Å². The number of carbonyl (C=O) groups is 1. The summed E-state index contributed by atoms with van der Waals surface area (Å²) in [4.78, 5) is 14.8. The van der Waals surface area contributed by atoms with Gasteiger partial charge in [-0.05, 0) is 83.0 Å². The summed E-state index contributed by atoms with van der Waals surface area (Å²) in [5.74, 6) is -1.58.